The summed E-state index contributed by atoms with van der Waals surface area (Å²) in [5.41, 5.74) is 1.42. The van der Waals surface area contributed by atoms with Crippen LogP contribution in [0.1, 0.15) is 32.0 Å². The van der Waals surface area contributed by atoms with Crippen LogP contribution in [0, 0.1) is 11.3 Å². The number of nitrogens with zero attached hydrogens (tertiary/aromatic N) is 4. The van der Waals surface area contributed by atoms with Crippen molar-refractivity contribution in [2.75, 3.05) is 32.9 Å². The monoisotopic (exact) mass is 434 g/mol. The van der Waals surface area contributed by atoms with Crippen LogP contribution in [0.25, 0.3) is 11.0 Å². The van der Waals surface area contributed by atoms with E-state index in [1.165, 1.54) is 4.31 Å². The van der Waals surface area contributed by atoms with E-state index in [0.717, 1.165) is 24.9 Å². The molecule has 3 rings (SSSR count). The van der Waals surface area contributed by atoms with Gasteiger partial charge < -0.3 is 14.0 Å². The van der Waals surface area contributed by atoms with Gasteiger partial charge in [0.15, 0.2) is 6.61 Å². The fourth-order valence-electron chi connectivity index (χ4n) is 3.41. The Morgan fingerprint density at radius 2 is 2.10 bits per heavy atom. The Morgan fingerprint density at radius 3 is 2.80 bits per heavy atom. The lowest BCUT2D eigenvalue weighted by Crippen LogP contribution is -2.40. The first-order valence-corrected chi connectivity index (χ1v) is 11.5. The summed E-state index contributed by atoms with van der Waals surface area (Å²) in [5, 5.41) is 8.52. The number of nitriles is 1. The van der Waals surface area contributed by atoms with Gasteiger partial charge in [-0.2, -0.15) is 9.57 Å². The molecule has 0 N–H and O–H groups in total. The summed E-state index contributed by atoms with van der Waals surface area (Å²) in [6, 6.07) is 6.76. The van der Waals surface area contributed by atoms with E-state index in [1.54, 1.807) is 24.3 Å². The molecule has 162 valence electrons. The molecule has 1 aliphatic heterocycles. The van der Waals surface area contributed by atoms with Gasteiger partial charge in [-0.05, 0) is 24.6 Å². The van der Waals surface area contributed by atoms with E-state index in [0.29, 0.717) is 44.1 Å². The largest absolute Gasteiger partial charge is 0.450 e. The Labute approximate surface area is 176 Å². The highest BCUT2D eigenvalue weighted by Crippen LogP contribution is 2.24. The predicted octanol–water partition coefficient (Wildman–Crippen LogP) is 1.86. The van der Waals surface area contributed by atoms with E-state index >= 15 is 0 Å². The van der Waals surface area contributed by atoms with Crippen molar-refractivity contribution >= 4 is 27.0 Å². The van der Waals surface area contributed by atoms with Crippen LogP contribution in [0.4, 0.5) is 0 Å². The molecule has 10 heteroatoms. The second kappa shape index (κ2) is 10.0. The molecule has 0 unspecified atom stereocenters. The molecular weight excluding hydrogens is 408 g/mol. The fraction of sp³-hybridized carbons (Fsp3) is 0.550. The predicted molar refractivity (Wildman–Crippen MR) is 109 cm³/mol. The maximum Gasteiger partial charge on any atom is 0.307 e. The second-order valence-electron chi connectivity index (χ2n) is 7.02. The number of aromatic nitrogens is 2. The molecule has 0 atom stereocenters. The highest BCUT2D eigenvalue weighted by Gasteiger charge is 2.27. The molecule has 1 aromatic carbocycles. The van der Waals surface area contributed by atoms with Crippen LogP contribution < -0.4 is 0 Å². The molecule has 1 fully saturated rings. The van der Waals surface area contributed by atoms with Gasteiger partial charge in [0, 0.05) is 26.1 Å². The van der Waals surface area contributed by atoms with E-state index in [-0.39, 0.29) is 17.9 Å². The molecule has 1 aromatic heterocycles. The smallest absolute Gasteiger partial charge is 0.307 e. The van der Waals surface area contributed by atoms with Crippen LogP contribution in [0.5, 0.6) is 0 Å². The van der Waals surface area contributed by atoms with Gasteiger partial charge in [0.05, 0.1) is 35.6 Å². The summed E-state index contributed by atoms with van der Waals surface area (Å²) in [5.74, 6) is 0.245. The number of ether oxygens (including phenoxy) is 2. The molecule has 0 radical (unpaired) electrons. The normalized spacial score (nSPS) is 15.2. The first kappa shape index (κ1) is 22.2. The third-order valence-corrected chi connectivity index (χ3v) is 6.89. The molecule has 2 aromatic rings. The maximum atomic E-state index is 13.0. The number of benzene rings is 1. The zero-order valence-electron chi connectivity index (χ0n) is 17.0. The van der Waals surface area contributed by atoms with Crippen LogP contribution in [-0.4, -0.2) is 61.2 Å². The van der Waals surface area contributed by atoms with Crippen molar-refractivity contribution in [1.29, 1.82) is 5.26 Å². The number of hydrogen-bond acceptors (Lipinski definition) is 7. The SMILES string of the molecule is CCCCn1c(CCC(=O)OCC#N)nc2cc(S(=O)(=O)N3CCOCC3)ccc21. The van der Waals surface area contributed by atoms with Crippen molar-refractivity contribution < 1.29 is 22.7 Å². The third-order valence-electron chi connectivity index (χ3n) is 4.99. The average molecular weight is 435 g/mol. The zero-order valence-corrected chi connectivity index (χ0v) is 17.9. The molecule has 1 aliphatic rings. The minimum absolute atomic E-state index is 0.107. The topological polar surface area (TPSA) is 115 Å². The summed E-state index contributed by atoms with van der Waals surface area (Å²) in [7, 11) is -3.61. The minimum atomic E-state index is -3.61. The molecule has 0 aliphatic carbocycles. The molecule has 1 saturated heterocycles. The Kier molecular flexibility index (Phi) is 7.42. The number of carbonyl (C=O) groups is 1. The van der Waals surface area contributed by atoms with Crippen LogP contribution in [-0.2, 0) is 37.3 Å². The second-order valence-corrected chi connectivity index (χ2v) is 8.96. The summed E-state index contributed by atoms with van der Waals surface area (Å²) < 4.78 is 39.4. The Balaban J connectivity index is 1.89. The van der Waals surface area contributed by atoms with E-state index in [2.05, 4.69) is 11.9 Å². The van der Waals surface area contributed by atoms with Gasteiger partial charge in [-0.3, -0.25) is 4.79 Å². The number of hydrogen-bond donors (Lipinski definition) is 0. The average Bonchev–Trinajstić information content (AvgIpc) is 3.12. The van der Waals surface area contributed by atoms with Gasteiger partial charge in [-0.25, -0.2) is 13.4 Å². The lowest BCUT2D eigenvalue weighted by molar-refractivity contribution is -0.142. The molecule has 2 heterocycles. The number of esters is 1. The van der Waals surface area contributed by atoms with Crippen molar-refractivity contribution in [2.45, 2.75) is 44.0 Å². The number of fused-ring (bicyclic) bond motifs is 1. The molecule has 0 amide bonds. The lowest BCUT2D eigenvalue weighted by Gasteiger charge is -2.26. The quantitative estimate of drug-likeness (QED) is 0.553. The maximum absolute atomic E-state index is 13.0. The molecule has 30 heavy (non-hydrogen) atoms. The molecule has 9 nitrogen and oxygen atoms in total. The summed E-state index contributed by atoms with van der Waals surface area (Å²) >= 11 is 0. The van der Waals surface area contributed by atoms with Crippen molar-refractivity contribution in [1.82, 2.24) is 13.9 Å². The summed E-state index contributed by atoms with van der Waals surface area (Å²) in [6.07, 6.45) is 2.39. The molecule has 0 saturated carbocycles. The lowest BCUT2D eigenvalue weighted by atomic mass is 10.2. The van der Waals surface area contributed by atoms with E-state index in [4.69, 9.17) is 14.7 Å². The first-order chi connectivity index (χ1) is 14.5. The number of sulfonamides is 1. The van der Waals surface area contributed by atoms with Gasteiger partial charge >= 0.3 is 5.97 Å². The number of carbonyl (C=O) groups excluding carboxylic acids is 1. The van der Waals surface area contributed by atoms with E-state index in [1.807, 2.05) is 4.57 Å². The van der Waals surface area contributed by atoms with Crippen molar-refractivity contribution in [2.24, 2.45) is 0 Å². The van der Waals surface area contributed by atoms with Gasteiger partial charge in [0.2, 0.25) is 10.0 Å². The number of unbranched alkanes of at least 4 members (excludes halogenated alkanes) is 1. The summed E-state index contributed by atoms with van der Waals surface area (Å²) in [6.45, 7) is 3.99. The van der Waals surface area contributed by atoms with Crippen LogP contribution in [0.2, 0.25) is 0 Å². The van der Waals surface area contributed by atoms with Crippen LogP contribution in [0.3, 0.4) is 0 Å². The van der Waals surface area contributed by atoms with E-state index < -0.39 is 16.0 Å². The number of aryl methyl sites for hydroxylation is 2. The number of imidazole rings is 1. The van der Waals surface area contributed by atoms with Gasteiger partial charge in [-0.15, -0.1) is 0 Å². The van der Waals surface area contributed by atoms with Gasteiger partial charge in [-0.1, -0.05) is 13.3 Å². The molecular formula is C20H26N4O5S. The minimum Gasteiger partial charge on any atom is -0.450 e. The molecule has 0 bridgehead atoms. The Hall–Kier alpha value is -2.48. The zero-order chi connectivity index (χ0) is 21.6. The van der Waals surface area contributed by atoms with Crippen LogP contribution >= 0.6 is 0 Å². The van der Waals surface area contributed by atoms with Crippen LogP contribution in [0.15, 0.2) is 23.1 Å². The van der Waals surface area contributed by atoms with Gasteiger partial charge in [0.25, 0.3) is 0 Å². The van der Waals surface area contributed by atoms with E-state index in [9.17, 15) is 13.2 Å². The Morgan fingerprint density at radius 1 is 1.33 bits per heavy atom. The molecule has 0 spiro atoms. The highest BCUT2D eigenvalue weighted by atomic mass is 32.2. The van der Waals surface area contributed by atoms with Crippen molar-refractivity contribution in [3.8, 4) is 6.07 Å². The van der Waals surface area contributed by atoms with Gasteiger partial charge in [0.1, 0.15) is 11.9 Å². The number of morpholine rings is 1. The Bertz CT molecular complexity index is 1040. The highest BCUT2D eigenvalue weighted by molar-refractivity contribution is 7.89. The number of rotatable bonds is 9. The third kappa shape index (κ3) is 4.98. The first-order valence-electron chi connectivity index (χ1n) is 10.1. The summed E-state index contributed by atoms with van der Waals surface area (Å²) in [4.78, 5) is 16.6. The standard InChI is InChI=1S/C20H26N4O5S/c1-2-3-9-24-18-5-4-16(30(26,27)23-10-13-28-14-11-23)15-17(18)22-19(24)6-7-20(25)29-12-8-21/h4-5,15H,2-3,6-7,9-14H2,1H3. The van der Waals surface area contributed by atoms with Crippen molar-refractivity contribution in [3.05, 3.63) is 24.0 Å². The fourth-order valence-corrected chi connectivity index (χ4v) is 4.84. The van der Waals surface area contributed by atoms with Crippen molar-refractivity contribution in [3.63, 3.8) is 0 Å².